The molecule has 2 nitrogen and oxygen atoms in total. The molecule has 2 aromatic rings. The maximum atomic E-state index is 9.61. The number of anilines is 2. The van der Waals surface area contributed by atoms with Gasteiger partial charge in [-0.3, -0.25) is 0 Å². The van der Waals surface area contributed by atoms with E-state index in [1.807, 2.05) is 11.8 Å². The molecule has 1 aliphatic carbocycles. The van der Waals surface area contributed by atoms with Gasteiger partial charge >= 0.3 is 0 Å². The Morgan fingerprint density at radius 1 is 0.909 bits per heavy atom. The van der Waals surface area contributed by atoms with Crippen LogP contribution in [-0.2, 0) is 0 Å². The van der Waals surface area contributed by atoms with Gasteiger partial charge < -0.3 is 4.90 Å². The first kappa shape index (κ1) is 13.7. The van der Waals surface area contributed by atoms with Crippen molar-refractivity contribution >= 4 is 23.1 Å². The summed E-state index contributed by atoms with van der Waals surface area (Å²) in [6, 6.07) is 20.0. The Balaban J connectivity index is 1.86. The van der Waals surface area contributed by atoms with E-state index in [0.29, 0.717) is 6.04 Å². The minimum Gasteiger partial charge on any atom is -0.335 e. The molecule has 0 saturated heterocycles. The SMILES string of the molecule is N#C[C@@H]1CCCC[C@@H]1N1c2ccccc2Sc2ccccc21. The molecule has 3 heteroatoms. The molecule has 1 aliphatic heterocycles. The summed E-state index contributed by atoms with van der Waals surface area (Å²) in [5, 5.41) is 9.61. The Labute approximate surface area is 135 Å². The number of hydrogen-bond acceptors (Lipinski definition) is 3. The van der Waals surface area contributed by atoms with Crippen LogP contribution in [0.5, 0.6) is 0 Å². The molecule has 0 unspecified atom stereocenters. The van der Waals surface area contributed by atoms with Crippen molar-refractivity contribution in [2.75, 3.05) is 4.90 Å². The van der Waals surface area contributed by atoms with Crippen molar-refractivity contribution in [2.24, 2.45) is 5.92 Å². The molecule has 0 spiro atoms. The fourth-order valence-corrected chi connectivity index (χ4v) is 4.73. The minimum absolute atomic E-state index is 0.123. The number of nitriles is 1. The first-order valence-electron chi connectivity index (χ1n) is 7.93. The van der Waals surface area contributed by atoms with Crippen molar-refractivity contribution in [3.63, 3.8) is 0 Å². The van der Waals surface area contributed by atoms with Gasteiger partial charge in [-0.2, -0.15) is 5.26 Å². The monoisotopic (exact) mass is 306 g/mol. The minimum atomic E-state index is 0.123. The Morgan fingerprint density at radius 3 is 2.14 bits per heavy atom. The van der Waals surface area contributed by atoms with E-state index in [4.69, 9.17) is 0 Å². The number of hydrogen-bond donors (Lipinski definition) is 0. The smallest absolute Gasteiger partial charge is 0.0677 e. The zero-order chi connectivity index (χ0) is 14.9. The standard InChI is InChI=1S/C19H18N2S/c20-13-14-7-1-2-8-15(14)21-16-9-3-5-11-18(16)22-19-12-6-4-10-17(19)21/h3-6,9-12,14-15H,1-2,7-8H2/t14-,15-/m0/s1. The van der Waals surface area contributed by atoms with Crippen LogP contribution in [0, 0.1) is 17.2 Å². The van der Waals surface area contributed by atoms with Crippen molar-refractivity contribution < 1.29 is 0 Å². The normalized spacial score (nSPS) is 23.3. The van der Waals surface area contributed by atoms with Crippen LogP contribution in [0.4, 0.5) is 11.4 Å². The van der Waals surface area contributed by atoms with Crippen molar-refractivity contribution in [3.8, 4) is 6.07 Å². The third kappa shape index (κ3) is 2.19. The predicted molar refractivity (Wildman–Crippen MR) is 90.5 cm³/mol. The van der Waals surface area contributed by atoms with Gasteiger partial charge in [-0.05, 0) is 37.1 Å². The van der Waals surface area contributed by atoms with Crippen molar-refractivity contribution in [1.82, 2.24) is 0 Å². The molecule has 22 heavy (non-hydrogen) atoms. The molecule has 0 bridgehead atoms. The summed E-state index contributed by atoms with van der Waals surface area (Å²) in [6.07, 6.45) is 4.53. The summed E-state index contributed by atoms with van der Waals surface area (Å²) >= 11 is 1.83. The van der Waals surface area contributed by atoms with E-state index in [9.17, 15) is 5.26 Å². The van der Waals surface area contributed by atoms with E-state index in [0.717, 1.165) is 12.8 Å². The quantitative estimate of drug-likeness (QED) is 0.708. The molecule has 0 radical (unpaired) electrons. The third-order valence-corrected chi connectivity index (χ3v) is 5.83. The highest BCUT2D eigenvalue weighted by Crippen LogP contribution is 2.50. The summed E-state index contributed by atoms with van der Waals surface area (Å²) in [7, 11) is 0. The molecule has 1 fully saturated rings. The fraction of sp³-hybridized carbons (Fsp3) is 0.316. The van der Waals surface area contributed by atoms with E-state index < -0.39 is 0 Å². The van der Waals surface area contributed by atoms with Crippen LogP contribution in [-0.4, -0.2) is 6.04 Å². The second kappa shape index (κ2) is 5.70. The molecule has 4 rings (SSSR count). The van der Waals surface area contributed by atoms with Gasteiger partial charge in [-0.1, -0.05) is 48.9 Å². The molecule has 0 amide bonds. The van der Waals surface area contributed by atoms with E-state index >= 15 is 0 Å². The Morgan fingerprint density at radius 2 is 1.50 bits per heavy atom. The van der Waals surface area contributed by atoms with Crippen LogP contribution >= 0.6 is 11.8 Å². The van der Waals surface area contributed by atoms with Crippen molar-refractivity contribution in [1.29, 1.82) is 5.26 Å². The second-order valence-corrected chi connectivity index (χ2v) is 7.08. The van der Waals surface area contributed by atoms with Crippen LogP contribution in [0.1, 0.15) is 25.7 Å². The fourth-order valence-electron chi connectivity index (χ4n) is 3.66. The Hall–Kier alpha value is -1.92. The van der Waals surface area contributed by atoms with Crippen LogP contribution in [0.3, 0.4) is 0 Å². The molecule has 0 aromatic heterocycles. The van der Waals surface area contributed by atoms with E-state index in [-0.39, 0.29) is 5.92 Å². The second-order valence-electron chi connectivity index (χ2n) is 5.99. The van der Waals surface area contributed by atoms with E-state index in [1.165, 1.54) is 34.0 Å². The van der Waals surface area contributed by atoms with Gasteiger partial charge in [0.15, 0.2) is 0 Å². The molecule has 2 aliphatic rings. The summed E-state index contributed by atoms with van der Waals surface area (Å²) in [5.41, 5.74) is 2.52. The zero-order valence-corrected chi connectivity index (χ0v) is 13.2. The van der Waals surface area contributed by atoms with E-state index in [2.05, 4.69) is 59.5 Å². The zero-order valence-electron chi connectivity index (χ0n) is 12.4. The lowest BCUT2D eigenvalue weighted by Crippen LogP contribution is -2.40. The number of rotatable bonds is 1. The molecule has 0 N–H and O–H groups in total. The van der Waals surface area contributed by atoms with E-state index in [1.54, 1.807) is 0 Å². The average Bonchev–Trinajstić information content (AvgIpc) is 2.59. The highest BCUT2D eigenvalue weighted by molar-refractivity contribution is 7.99. The van der Waals surface area contributed by atoms with Crippen LogP contribution in [0.25, 0.3) is 0 Å². The first-order valence-corrected chi connectivity index (χ1v) is 8.75. The van der Waals surface area contributed by atoms with Gasteiger partial charge in [0.2, 0.25) is 0 Å². The van der Waals surface area contributed by atoms with Crippen molar-refractivity contribution in [2.45, 2.75) is 41.5 Å². The average molecular weight is 306 g/mol. The van der Waals surface area contributed by atoms with Gasteiger partial charge in [-0.25, -0.2) is 0 Å². The summed E-state index contributed by atoms with van der Waals surface area (Å²) in [5.74, 6) is 0.123. The number of nitrogens with zero attached hydrogens (tertiary/aromatic N) is 2. The number of fused-ring (bicyclic) bond motifs is 2. The highest BCUT2D eigenvalue weighted by atomic mass is 32.2. The maximum absolute atomic E-state index is 9.61. The molecule has 110 valence electrons. The predicted octanol–water partition coefficient (Wildman–Crippen LogP) is 5.37. The number of benzene rings is 2. The van der Waals surface area contributed by atoms with Gasteiger partial charge in [0, 0.05) is 9.79 Å². The Bertz CT molecular complexity index is 689. The molecular weight excluding hydrogens is 288 g/mol. The first-order chi connectivity index (χ1) is 10.9. The highest BCUT2D eigenvalue weighted by Gasteiger charge is 2.35. The van der Waals surface area contributed by atoms with Crippen LogP contribution < -0.4 is 4.90 Å². The third-order valence-electron chi connectivity index (χ3n) is 4.70. The molecule has 1 saturated carbocycles. The lowest BCUT2D eigenvalue weighted by molar-refractivity contribution is 0.363. The molecule has 2 atom stereocenters. The summed E-state index contributed by atoms with van der Waals surface area (Å²) in [6.45, 7) is 0. The van der Waals surface area contributed by atoms with Crippen LogP contribution in [0.15, 0.2) is 58.3 Å². The van der Waals surface area contributed by atoms with Gasteiger partial charge in [-0.15, -0.1) is 0 Å². The van der Waals surface area contributed by atoms with Gasteiger partial charge in [0.05, 0.1) is 29.4 Å². The van der Waals surface area contributed by atoms with Gasteiger partial charge in [0.25, 0.3) is 0 Å². The van der Waals surface area contributed by atoms with Gasteiger partial charge in [0.1, 0.15) is 0 Å². The lowest BCUT2D eigenvalue weighted by Gasteiger charge is -2.42. The van der Waals surface area contributed by atoms with Crippen molar-refractivity contribution in [3.05, 3.63) is 48.5 Å². The van der Waals surface area contributed by atoms with Crippen LogP contribution in [0.2, 0.25) is 0 Å². The summed E-state index contributed by atoms with van der Waals surface area (Å²) in [4.78, 5) is 5.03. The topological polar surface area (TPSA) is 27.0 Å². The molecule has 1 heterocycles. The lowest BCUT2D eigenvalue weighted by atomic mass is 9.84. The molecule has 2 aromatic carbocycles. The maximum Gasteiger partial charge on any atom is 0.0677 e. The summed E-state index contributed by atoms with van der Waals surface area (Å²) < 4.78 is 0. The Kier molecular flexibility index (Phi) is 3.56. The largest absolute Gasteiger partial charge is 0.335 e. The molecular formula is C19H18N2S. The number of para-hydroxylation sites is 2.